The maximum Gasteiger partial charge on any atom is 0.494 e. The number of halogens is 1. The van der Waals surface area contributed by atoms with E-state index in [1.54, 1.807) is 0 Å². The van der Waals surface area contributed by atoms with Gasteiger partial charge >= 0.3 is 7.12 Å². The molecule has 1 aliphatic heterocycles. The molecule has 0 saturated carbocycles. The third kappa shape index (κ3) is 5.55. The summed E-state index contributed by atoms with van der Waals surface area (Å²) >= 11 is 3.69. The molecule has 1 saturated heterocycles. The molecule has 0 aliphatic carbocycles. The first-order valence-electron chi connectivity index (χ1n) is 13.2. The highest BCUT2D eigenvalue weighted by Crippen LogP contribution is 2.41. The number of hydrogen-bond donors (Lipinski definition) is 0. The first kappa shape index (κ1) is 28.0. The fourth-order valence-corrected chi connectivity index (χ4v) is 6.20. The summed E-state index contributed by atoms with van der Waals surface area (Å²) in [5.41, 5.74) is 11.8. The Kier molecular flexibility index (Phi) is 7.74. The second kappa shape index (κ2) is 10.2. The third-order valence-electron chi connectivity index (χ3n) is 8.11. The van der Waals surface area contributed by atoms with Crippen LogP contribution in [0.2, 0.25) is 0 Å². The zero-order valence-electron chi connectivity index (χ0n) is 24.0. The maximum absolute atomic E-state index is 6.65. The normalized spacial score (nSPS) is 16.8. The van der Waals surface area contributed by atoms with Crippen LogP contribution < -0.4 is 10.9 Å². The molecule has 0 bridgehead atoms. The molecule has 5 heteroatoms. The first-order valence-corrected chi connectivity index (χ1v) is 14.0. The summed E-state index contributed by atoms with van der Waals surface area (Å²) in [7, 11) is -0.473. The van der Waals surface area contributed by atoms with E-state index in [4.69, 9.17) is 9.31 Å². The van der Waals surface area contributed by atoms with Crippen LogP contribution in [0.15, 0.2) is 59.0 Å². The van der Waals surface area contributed by atoms with Gasteiger partial charge in [-0.05, 0) is 92.4 Å². The van der Waals surface area contributed by atoms with Gasteiger partial charge in [0, 0.05) is 4.47 Å². The quantitative estimate of drug-likeness (QED) is 0.310. The second-order valence-electron chi connectivity index (χ2n) is 11.8. The van der Waals surface area contributed by atoms with Crippen molar-refractivity contribution in [3.05, 3.63) is 97.9 Å². The predicted octanol–water partition coefficient (Wildman–Crippen LogP) is 7.16. The van der Waals surface area contributed by atoms with Crippen LogP contribution in [0.5, 0.6) is 0 Å². The van der Waals surface area contributed by atoms with E-state index in [1.807, 2.05) is 0 Å². The summed E-state index contributed by atoms with van der Waals surface area (Å²) in [6.45, 7) is 21.8. The zero-order valence-corrected chi connectivity index (χ0v) is 25.6. The van der Waals surface area contributed by atoms with E-state index in [2.05, 4.69) is 140 Å². The zero-order chi connectivity index (χ0) is 27.3. The Morgan fingerprint density at radius 2 is 1.16 bits per heavy atom. The van der Waals surface area contributed by atoms with Crippen LogP contribution in [0.1, 0.15) is 66.6 Å². The molecule has 1 fully saturated rings. The lowest BCUT2D eigenvalue weighted by Gasteiger charge is -2.32. The Morgan fingerprint density at radius 3 is 1.57 bits per heavy atom. The molecule has 0 N–H and O–H groups in total. The van der Waals surface area contributed by atoms with Crippen molar-refractivity contribution in [2.75, 3.05) is 0 Å². The van der Waals surface area contributed by atoms with Crippen molar-refractivity contribution in [1.82, 2.24) is 0 Å². The third-order valence-corrected chi connectivity index (χ3v) is 8.60. The van der Waals surface area contributed by atoms with Crippen molar-refractivity contribution < 1.29 is 9.31 Å². The first-order chi connectivity index (χ1) is 17.2. The molecule has 3 aromatic carbocycles. The van der Waals surface area contributed by atoms with Gasteiger partial charge in [-0.3, -0.25) is 0 Å². The SMILES string of the molecule is Cc1cc(C)c(B(/C=C(/B2OC(C)(C)C(C)(C)O2)c2cccc(Br)c2)c2c(C)cc(C)cc2C)c(C)c1. The van der Waals surface area contributed by atoms with E-state index in [-0.39, 0.29) is 6.71 Å². The maximum atomic E-state index is 6.65. The van der Waals surface area contributed by atoms with Crippen molar-refractivity contribution in [2.24, 2.45) is 0 Å². The highest BCUT2D eigenvalue weighted by molar-refractivity contribution is 9.10. The van der Waals surface area contributed by atoms with E-state index < -0.39 is 18.3 Å². The van der Waals surface area contributed by atoms with Crippen molar-refractivity contribution in [3.63, 3.8) is 0 Å². The Bertz CT molecular complexity index is 1250. The highest BCUT2D eigenvalue weighted by atomic mass is 79.9. The Hall–Kier alpha value is -2.07. The van der Waals surface area contributed by atoms with Crippen LogP contribution in [0, 0.1) is 41.5 Å². The van der Waals surface area contributed by atoms with Crippen LogP contribution in [0.25, 0.3) is 5.47 Å². The average molecular weight is 557 g/mol. The van der Waals surface area contributed by atoms with Crippen molar-refractivity contribution in [2.45, 2.75) is 80.4 Å². The average Bonchev–Trinajstić information content (AvgIpc) is 2.96. The molecule has 4 rings (SSSR count). The van der Waals surface area contributed by atoms with Gasteiger partial charge in [0.25, 0.3) is 0 Å². The molecule has 0 unspecified atom stereocenters. The van der Waals surface area contributed by atoms with Crippen molar-refractivity contribution >= 4 is 46.2 Å². The van der Waals surface area contributed by atoms with Gasteiger partial charge in [0.2, 0.25) is 6.71 Å². The van der Waals surface area contributed by atoms with Gasteiger partial charge in [0.05, 0.1) is 11.2 Å². The lowest BCUT2D eigenvalue weighted by Crippen LogP contribution is -2.47. The largest absolute Gasteiger partial charge is 0.494 e. The molecule has 192 valence electrons. The van der Waals surface area contributed by atoms with Crippen molar-refractivity contribution in [1.29, 1.82) is 0 Å². The molecule has 0 radical (unpaired) electrons. The van der Waals surface area contributed by atoms with Crippen LogP contribution >= 0.6 is 15.9 Å². The summed E-state index contributed by atoms with van der Waals surface area (Å²) in [6.07, 6.45) is 0. The van der Waals surface area contributed by atoms with Gasteiger partial charge in [-0.25, -0.2) is 0 Å². The van der Waals surface area contributed by atoms with Crippen LogP contribution in [0.4, 0.5) is 0 Å². The minimum absolute atomic E-state index is 0.0502. The lowest BCUT2D eigenvalue weighted by molar-refractivity contribution is 0.00578. The molecule has 3 aromatic rings. The molecule has 37 heavy (non-hydrogen) atoms. The second-order valence-corrected chi connectivity index (χ2v) is 12.7. The minimum atomic E-state index is -0.473. The van der Waals surface area contributed by atoms with Gasteiger partial charge < -0.3 is 9.31 Å². The Balaban J connectivity index is 2.03. The summed E-state index contributed by atoms with van der Waals surface area (Å²) < 4.78 is 14.3. The molecular formula is C32H39B2BrO2. The number of benzene rings is 3. The number of hydrogen-bond acceptors (Lipinski definition) is 2. The van der Waals surface area contributed by atoms with E-state index in [1.165, 1.54) is 44.3 Å². The molecule has 0 amide bonds. The van der Waals surface area contributed by atoms with Gasteiger partial charge in [-0.1, -0.05) is 96.6 Å². The summed E-state index contributed by atoms with van der Waals surface area (Å²) in [6, 6.07) is 17.7. The standard InChI is InChI=1S/C32H39B2BrO2/c1-20-14-22(3)29(23(4)15-20)33(30-24(5)16-21(2)17-25(30)6)19-28(26-12-11-13-27(35)18-26)34-36-31(7,8)32(9,10)37-34/h11-19H,1-10H3/b28-19+. The highest BCUT2D eigenvalue weighted by Gasteiger charge is 2.52. The summed E-state index contributed by atoms with van der Waals surface area (Å²) in [5, 5.41) is 0. The van der Waals surface area contributed by atoms with Gasteiger partial charge in [0.1, 0.15) is 0 Å². The molecule has 0 aromatic heterocycles. The van der Waals surface area contributed by atoms with Crippen LogP contribution in [0.3, 0.4) is 0 Å². The topological polar surface area (TPSA) is 18.5 Å². The van der Waals surface area contributed by atoms with E-state index in [9.17, 15) is 0 Å². The van der Waals surface area contributed by atoms with E-state index in [0.29, 0.717) is 0 Å². The lowest BCUT2D eigenvalue weighted by atomic mass is 9.36. The number of rotatable bonds is 5. The summed E-state index contributed by atoms with van der Waals surface area (Å²) in [5.74, 6) is 2.40. The Morgan fingerprint density at radius 1 is 0.730 bits per heavy atom. The monoisotopic (exact) mass is 556 g/mol. The summed E-state index contributed by atoms with van der Waals surface area (Å²) in [4.78, 5) is 0. The fraction of sp³-hybridized carbons (Fsp3) is 0.375. The molecule has 1 heterocycles. The van der Waals surface area contributed by atoms with E-state index >= 15 is 0 Å². The molecule has 1 aliphatic rings. The number of aryl methyl sites for hydroxylation is 6. The van der Waals surface area contributed by atoms with Gasteiger partial charge in [0.15, 0.2) is 0 Å². The minimum Gasteiger partial charge on any atom is -0.399 e. The molecule has 0 spiro atoms. The molecule has 0 atom stereocenters. The van der Waals surface area contributed by atoms with Gasteiger partial charge in [-0.2, -0.15) is 0 Å². The fourth-order valence-electron chi connectivity index (χ4n) is 5.80. The smallest absolute Gasteiger partial charge is 0.399 e. The molecule has 2 nitrogen and oxygen atoms in total. The van der Waals surface area contributed by atoms with Crippen LogP contribution in [-0.4, -0.2) is 25.0 Å². The van der Waals surface area contributed by atoms with Crippen molar-refractivity contribution in [3.8, 4) is 0 Å². The van der Waals surface area contributed by atoms with E-state index in [0.717, 1.165) is 15.5 Å². The Labute approximate surface area is 233 Å². The predicted molar refractivity (Wildman–Crippen MR) is 165 cm³/mol. The van der Waals surface area contributed by atoms with Gasteiger partial charge in [-0.15, -0.1) is 5.98 Å². The molecular weight excluding hydrogens is 518 g/mol. The van der Waals surface area contributed by atoms with Crippen LogP contribution in [-0.2, 0) is 9.31 Å².